The Kier molecular flexibility index (Phi) is 5.43. The van der Waals surface area contributed by atoms with Crippen LogP contribution in [0.2, 0.25) is 0 Å². The molecule has 0 atom stereocenters. The zero-order chi connectivity index (χ0) is 29.0. The van der Waals surface area contributed by atoms with Crippen molar-refractivity contribution in [2.75, 3.05) is 0 Å². The van der Waals surface area contributed by atoms with Gasteiger partial charge in [-0.3, -0.25) is 0 Å². The van der Waals surface area contributed by atoms with Crippen molar-refractivity contribution in [3.63, 3.8) is 0 Å². The summed E-state index contributed by atoms with van der Waals surface area (Å²) < 4.78 is 8.62. The first-order valence-electron chi connectivity index (χ1n) is 14.6. The molecule has 0 spiro atoms. The maximum atomic E-state index is 6.29. The molecule has 44 heavy (non-hydrogen) atoms. The van der Waals surface area contributed by atoms with E-state index in [4.69, 9.17) is 19.4 Å². The number of aromatic nitrogens is 4. The molecule has 3 aromatic heterocycles. The summed E-state index contributed by atoms with van der Waals surface area (Å²) >= 11 is 0. The van der Waals surface area contributed by atoms with Gasteiger partial charge in [-0.05, 0) is 36.4 Å². The molecule has 0 saturated carbocycles. The number of benzene rings is 6. The van der Waals surface area contributed by atoms with Crippen LogP contribution in [0.1, 0.15) is 0 Å². The molecule has 206 valence electrons. The van der Waals surface area contributed by atoms with Gasteiger partial charge in [-0.25, -0.2) is 15.0 Å². The largest absolute Gasteiger partial charge is 0.456 e. The molecule has 0 saturated heterocycles. The quantitative estimate of drug-likeness (QED) is 0.213. The van der Waals surface area contributed by atoms with Crippen LogP contribution < -0.4 is 0 Å². The van der Waals surface area contributed by atoms with Gasteiger partial charge in [0.15, 0.2) is 17.5 Å². The number of para-hydroxylation sites is 3. The topological polar surface area (TPSA) is 56.7 Å². The van der Waals surface area contributed by atoms with Gasteiger partial charge in [0.25, 0.3) is 0 Å². The van der Waals surface area contributed by atoms with E-state index in [1.54, 1.807) is 0 Å². The molecule has 9 aromatic rings. The Morgan fingerprint density at radius 3 is 1.75 bits per heavy atom. The Morgan fingerprint density at radius 1 is 0.409 bits per heavy atom. The Hall–Kier alpha value is -6.07. The molecule has 3 heterocycles. The lowest BCUT2D eigenvalue weighted by atomic mass is 10.1. The maximum absolute atomic E-state index is 6.29. The molecular weight excluding hydrogens is 540 g/mol. The van der Waals surface area contributed by atoms with E-state index in [0.29, 0.717) is 17.5 Å². The number of fused-ring (bicyclic) bond motifs is 6. The second kappa shape index (κ2) is 9.75. The van der Waals surface area contributed by atoms with Gasteiger partial charge in [-0.1, -0.05) is 109 Å². The van der Waals surface area contributed by atoms with Gasteiger partial charge in [-0.15, -0.1) is 0 Å². The molecule has 0 aliphatic heterocycles. The molecule has 9 rings (SSSR count). The SMILES string of the molecule is c1ccc(-c2nc(-c3ccccc3)nc(-c3ccccc3-n3c4ccccc4c4cc5oc6ccccc6c5cc43)n2)cc1. The lowest BCUT2D eigenvalue weighted by molar-refractivity contribution is 0.669. The van der Waals surface area contributed by atoms with Crippen molar-refractivity contribution in [2.24, 2.45) is 0 Å². The van der Waals surface area contributed by atoms with Gasteiger partial charge in [0.2, 0.25) is 0 Å². The summed E-state index contributed by atoms with van der Waals surface area (Å²) in [4.78, 5) is 15.0. The minimum absolute atomic E-state index is 0.620. The van der Waals surface area contributed by atoms with Gasteiger partial charge in [-0.2, -0.15) is 0 Å². The summed E-state index contributed by atoms with van der Waals surface area (Å²) in [6.45, 7) is 0. The molecule has 0 unspecified atom stereocenters. The maximum Gasteiger partial charge on any atom is 0.166 e. The zero-order valence-electron chi connectivity index (χ0n) is 23.6. The average Bonchev–Trinajstić information content (AvgIpc) is 3.62. The summed E-state index contributed by atoms with van der Waals surface area (Å²) in [5.74, 6) is 1.89. The molecule has 0 fully saturated rings. The van der Waals surface area contributed by atoms with E-state index in [0.717, 1.165) is 66.1 Å². The first-order valence-corrected chi connectivity index (χ1v) is 14.6. The van der Waals surface area contributed by atoms with Crippen LogP contribution in [0.5, 0.6) is 0 Å². The number of hydrogen-bond acceptors (Lipinski definition) is 4. The van der Waals surface area contributed by atoms with Crippen molar-refractivity contribution >= 4 is 43.7 Å². The Bertz CT molecular complexity index is 2440. The normalized spacial score (nSPS) is 11.6. The summed E-state index contributed by atoms with van der Waals surface area (Å²) in [6, 6.07) is 49.7. The molecule has 0 amide bonds. The minimum Gasteiger partial charge on any atom is -0.456 e. The third-order valence-electron chi connectivity index (χ3n) is 8.26. The predicted octanol–water partition coefficient (Wildman–Crippen LogP) is 9.87. The van der Waals surface area contributed by atoms with Crippen LogP contribution in [0.4, 0.5) is 0 Å². The molecule has 0 aliphatic carbocycles. The van der Waals surface area contributed by atoms with Crippen LogP contribution in [0.25, 0.3) is 83.6 Å². The highest BCUT2D eigenvalue weighted by Crippen LogP contribution is 2.40. The van der Waals surface area contributed by atoms with E-state index < -0.39 is 0 Å². The first kappa shape index (κ1) is 24.5. The second-order valence-corrected chi connectivity index (χ2v) is 10.9. The van der Waals surface area contributed by atoms with Gasteiger partial charge < -0.3 is 8.98 Å². The molecule has 5 nitrogen and oxygen atoms in total. The predicted molar refractivity (Wildman–Crippen MR) is 178 cm³/mol. The van der Waals surface area contributed by atoms with Crippen LogP contribution in [0.3, 0.4) is 0 Å². The van der Waals surface area contributed by atoms with Crippen molar-refractivity contribution in [1.29, 1.82) is 0 Å². The fraction of sp³-hybridized carbons (Fsp3) is 0. The van der Waals surface area contributed by atoms with Crippen molar-refractivity contribution in [3.8, 4) is 39.9 Å². The standard InChI is InChI=1S/C39H24N4O/c1-3-13-25(14-4-1)37-40-38(26-15-5-2-6-16-26)42-39(41-37)29-19-8-11-21-33(29)43-32-20-10-7-17-27(32)30-24-36-31(23-34(30)43)28-18-9-12-22-35(28)44-36/h1-24H. The molecule has 5 heteroatoms. The molecule has 0 aliphatic rings. The molecule has 0 radical (unpaired) electrons. The fourth-order valence-electron chi connectivity index (χ4n) is 6.23. The molecule has 0 N–H and O–H groups in total. The van der Waals surface area contributed by atoms with Crippen LogP contribution in [0, 0.1) is 0 Å². The highest BCUT2D eigenvalue weighted by Gasteiger charge is 2.20. The van der Waals surface area contributed by atoms with Crippen molar-refractivity contribution in [3.05, 3.63) is 146 Å². The highest BCUT2D eigenvalue weighted by molar-refractivity contribution is 6.17. The molecule has 0 bridgehead atoms. The summed E-state index contributed by atoms with van der Waals surface area (Å²) in [7, 11) is 0. The molecule has 6 aromatic carbocycles. The highest BCUT2D eigenvalue weighted by atomic mass is 16.3. The third kappa shape index (κ3) is 3.83. The first-order chi connectivity index (χ1) is 21.8. The number of rotatable bonds is 4. The lowest BCUT2D eigenvalue weighted by Gasteiger charge is -2.14. The molecular formula is C39H24N4O. The van der Waals surface area contributed by atoms with Crippen LogP contribution >= 0.6 is 0 Å². The van der Waals surface area contributed by atoms with Crippen molar-refractivity contribution in [2.45, 2.75) is 0 Å². The van der Waals surface area contributed by atoms with Crippen LogP contribution in [0.15, 0.2) is 150 Å². The summed E-state index contributed by atoms with van der Waals surface area (Å²) in [5.41, 5.74) is 7.77. The Morgan fingerprint density at radius 2 is 1.00 bits per heavy atom. The van der Waals surface area contributed by atoms with E-state index in [9.17, 15) is 0 Å². The number of furan rings is 1. The van der Waals surface area contributed by atoms with E-state index in [1.807, 2.05) is 78.9 Å². The zero-order valence-corrected chi connectivity index (χ0v) is 23.6. The van der Waals surface area contributed by atoms with E-state index >= 15 is 0 Å². The van der Waals surface area contributed by atoms with E-state index in [-0.39, 0.29) is 0 Å². The third-order valence-corrected chi connectivity index (χ3v) is 8.26. The van der Waals surface area contributed by atoms with Crippen molar-refractivity contribution < 1.29 is 4.42 Å². The van der Waals surface area contributed by atoms with Crippen LogP contribution in [-0.2, 0) is 0 Å². The van der Waals surface area contributed by atoms with Gasteiger partial charge in [0, 0.05) is 38.2 Å². The van der Waals surface area contributed by atoms with E-state index in [1.165, 1.54) is 0 Å². The average molecular weight is 565 g/mol. The Balaban J connectivity index is 1.35. The number of hydrogen-bond donors (Lipinski definition) is 0. The minimum atomic E-state index is 0.620. The van der Waals surface area contributed by atoms with E-state index in [2.05, 4.69) is 71.3 Å². The van der Waals surface area contributed by atoms with Crippen molar-refractivity contribution in [1.82, 2.24) is 19.5 Å². The fourth-order valence-corrected chi connectivity index (χ4v) is 6.23. The van der Waals surface area contributed by atoms with Gasteiger partial charge >= 0.3 is 0 Å². The Labute approximate surface area is 252 Å². The lowest BCUT2D eigenvalue weighted by Crippen LogP contribution is -2.03. The summed E-state index contributed by atoms with van der Waals surface area (Å²) in [5, 5.41) is 4.48. The van der Waals surface area contributed by atoms with Gasteiger partial charge in [0.05, 0.1) is 16.7 Å². The van der Waals surface area contributed by atoms with Gasteiger partial charge in [0.1, 0.15) is 11.2 Å². The smallest absolute Gasteiger partial charge is 0.166 e. The van der Waals surface area contributed by atoms with Crippen LogP contribution in [-0.4, -0.2) is 19.5 Å². The summed E-state index contributed by atoms with van der Waals surface area (Å²) in [6.07, 6.45) is 0. The second-order valence-electron chi connectivity index (χ2n) is 10.9. The number of nitrogens with zero attached hydrogens (tertiary/aromatic N) is 4. The monoisotopic (exact) mass is 564 g/mol.